The van der Waals surface area contributed by atoms with Gasteiger partial charge in [-0.1, -0.05) is 17.7 Å². The summed E-state index contributed by atoms with van der Waals surface area (Å²) in [5, 5.41) is 8.59. The molecule has 1 heterocycles. The number of rotatable bonds is 4. The molecule has 0 aliphatic heterocycles. The van der Waals surface area contributed by atoms with Crippen molar-refractivity contribution in [3.05, 3.63) is 35.1 Å². The first kappa shape index (κ1) is 13.0. The first-order valence-electron chi connectivity index (χ1n) is 5.16. The highest BCUT2D eigenvalue weighted by atomic mass is 35.5. The number of hydrogen-bond acceptors (Lipinski definition) is 4. The molecule has 0 N–H and O–H groups in total. The van der Waals surface area contributed by atoms with Gasteiger partial charge in [0.05, 0.1) is 24.5 Å². The van der Waals surface area contributed by atoms with Gasteiger partial charge in [-0.15, -0.1) is 10.2 Å². The van der Waals surface area contributed by atoms with E-state index in [0.717, 1.165) is 5.56 Å². The van der Waals surface area contributed by atoms with E-state index >= 15 is 0 Å². The van der Waals surface area contributed by atoms with Crippen molar-refractivity contribution in [2.45, 2.75) is 11.7 Å². The van der Waals surface area contributed by atoms with Gasteiger partial charge in [0.1, 0.15) is 12.1 Å². The summed E-state index contributed by atoms with van der Waals surface area (Å²) < 4.78 is 18.4. The maximum Gasteiger partial charge on any atom is 0.221 e. The van der Waals surface area contributed by atoms with Crippen molar-refractivity contribution >= 4 is 22.4 Å². The summed E-state index contributed by atoms with van der Waals surface area (Å²) in [6, 6.07) is 5.43. The molecule has 1 atom stereocenters. The highest BCUT2D eigenvalue weighted by Gasteiger charge is 2.13. The molecule has 1 aromatic heterocycles. The topological polar surface area (TPSA) is 57.0 Å². The zero-order chi connectivity index (χ0) is 13.1. The van der Waals surface area contributed by atoms with Crippen molar-refractivity contribution in [2.24, 2.45) is 0 Å². The Morgan fingerprint density at radius 2 is 2.28 bits per heavy atom. The summed E-state index contributed by atoms with van der Waals surface area (Å²) >= 11 is 6.15. The van der Waals surface area contributed by atoms with Gasteiger partial charge in [-0.2, -0.15) is 0 Å². The number of benzene rings is 1. The SMILES string of the molecule is COc1cccc(Cl)c1Cn1cnnc1[S@](C)=O. The molecule has 0 unspecified atom stereocenters. The maximum absolute atomic E-state index is 11.5. The smallest absolute Gasteiger partial charge is 0.221 e. The Bertz CT molecular complexity index is 585. The quantitative estimate of drug-likeness (QED) is 0.858. The fourth-order valence-electron chi connectivity index (χ4n) is 1.63. The molecule has 5 nitrogen and oxygen atoms in total. The summed E-state index contributed by atoms with van der Waals surface area (Å²) in [7, 11) is 0.391. The molecule has 18 heavy (non-hydrogen) atoms. The molecule has 2 rings (SSSR count). The molecular formula is C11H12ClN3O2S. The lowest BCUT2D eigenvalue weighted by Crippen LogP contribution is -2.07. The van der Waals surface area contributed by atoms with Crippen molar-refractivity contribution in [2.75, 3.05) is 13.4 Å². The second-order valence-corrected chi connectivity index (χ2v) is 5.30. The Labute approximate surface area is 112 Å². The zero-order valence-corrected chi connectivity index (χ0v) is 11.5. The number of halogens is 1. The van der Waals surface area contributed by atoms with Gasteiger partial charge in [-0.25, -0.2) is 0 Å². The van der Waals surface area contributed by atoms with Crippen molar-refractivity contribution in [3.63, 3.8) is 0 Å². The molecule has 0 radical (unpaired) electrons. The molecular weight excluding hydrogens is 274 g/mol. The van der Waals surface area contributed by atoms with Gasteiger partial charge < -0.3 is 9.30 Å². The summed E-state index contributed by atoms with van der Waals surface area (Å²) in [5.41, 5.74) is 0.813. The second-order valence-electron chi connectivity index (χ2n) is 3.62. The summed E-state index contributed by atoms with van der Waals surface area (Å²) in [5.74, 6) is 0.684. The first-order valence-corrected chi connectivity index (χ1v) is 7.09. The van der Waals surface area contributed by atoms with E-state index in [-0.39, 0.29) is 0 Å². The third kappa shape index (κ3) is 2.54. The fourth-order valence-corrected chi connectivity index (χ4v) is 2.46. The van der Waals surface area contributed by atoms with E-state index in [0.29, 0.717) is 22.5 Å². The average molecular weight is 286 g/mol. The van der Waals surface area contributed by atoms with E-state index < -0.39 is 10.8 Å². The van der Waals surface area contributed by atoms with Crippen LogP contribution in [0, 0.1) is 0 Å². The molecule has 1 aromatic carbocycles. The minimum atomic E-state index is -1.19. The van der Waals surface area contributed by atoms with Crippen molar-refractivity contribution in [1.82, 2.24) is 14.8 Å². The van der Waals surface area contributed by atoms with E-state index in [2.05, 4.69) is 10.2 Å². The van der Waals surface area contributed by atoms with E-state index in [1.165, 1.54) is 6.33 Å². The highest BCUT2D eigenvalue weighted by molar-refractivity contribution is 7.84. The van der Waals surface area contributed by atoms with Crippen molar-refractivity contribution in [3.8, 4) is 5.75 Å². The third-order valence-electron chi connectivity index (χ3n) is 2.46. The van der Waals surface area contributed by atoms with Crippen LogP contribution in [0.2, 0.25) is 5.02 Å². The van der Waals surface area contributed by atoms with Gasteiger partial charge in [-0.3, -0.25) is 4.21 Å². The van der Waals surface area contributed by atoms with Gasteiger partial charge in [0, 0.05) is 16.8 Å². The first-order chi connectivity index (χ1) is 8.63. The fraction of sp³-hybridized carbons (Fsp3) is 0.273. The maximum atomic E-state index is 11.5. The lowest BCUT2D eigenvalue weighted by atomic mass is 10.2. The molecule has 0 amide bonds. The van der Waals surface area contributed by atoms with Crippen LogP contribution >= 0.6 is 11.6 Å². The molecule has 0 bridgehead atoms. The van der Waals surface area contributed by atoms with Gasteiger partial charge in [0.15, 0.2) is 0 Å². The molecule has 0 aliphatic carbocycles. The van der Waals surface area contributed by atoms with Crippen LogP contribution in [0.5, 0.6) is 5.75 Å². The molecule has 2 aromatic rings. The second kappa shape index (κ2) is 5.49. The normalized spacial score (nSPS) is 12.4. The number of methoxy groups -OCH3 is 1. The predicted molar refractivity (Wildman–Crippen MR) is 69.5 cm³/mol. The Morgan fingerprint density at radius 1 is 1.50 bits per heavy atom. The molecule has 0 spiro atoms. The van der Waals surface area contributed by atoms with Gasteiger partial charge in [0.25, 0.3) is 0 Å². The Morgan fingerprint density at radius 3 is 2.94 bits per heavy atom. The van der Waals surface area contributed by atoms with Crippen LogP contribution in [-0.2, 0) is 17.3 Å². The Hall–Kier alpha value is -1.40. The van der Waals surface area contributed by atoms with Crippen LogP contribution in [0.3, 0.4) is 0 Å². The Kier molecular flexibility index (Phi) is 3.98. The highest BCUT2D eigenvalue weighted by Crippen LogP contribution is 2.27. The molecule has 0 saturated carbocycles. The molecule has 0 saturated heterocycles. The summed E-state index contributed by atoms with van der Waals surface area (Å²) in [6.07, 6.45) is 3.09. The van der Waals surface area contributed by atoms with E-state index in [1.54, 1.807) is 24.0 Å². The van der Waals surface area contributed by atoms with Crippen LogP contribution in [-0.4, -0.2) is 32.3 Å². The van der Waals surface area contributed by atoms with Gasteiger partial charge in [-0.05, 0) is 12.1 Å². The van der Waals surface area contributed by atoms with Crippen LogP contribution in [0.4, 0.5) is 0 Å². The molecule has 96 valence electrons. The third-order valence-corrected chi connectivity index (χ3v) is 3.65. The molecule has 0 fully saturated rings. The summed E-state index contributed by atoms with van der Waals surface area (Å²) in [4.78, 5) is 0. The Balaban J connectivity index is 2.40. The number of nitrogens with zero attached hydrogens (tertiary/aromatic N) is 3. The van der Waals surface area contributed by atoms with Gasteiger partial charge in [0.2, 0.25) is 5.16 Å². The number of aromatic nitrogens is 3. The zero-order valence-electron chi connectivity index (χ0n) is 9.96. The monoisotopic (exact) mass is 285 g/mol. The standard InChI is InChI=1S/C11H12ClN3O2S/c1-17-10-5-3-4-9(12)8(10)6-15-7-13-14-11(15)18(2)16/h3-5,7H,6H2,1-2H3/t18-/m0/s1. The average Bonchev–Trinajstić information content (AvgIpc) is 2.80. The van der Waals surface area contributed by atoms with E-state index in [1.807, 2.05) is 12.1 Å². The lowest BCUT2D eigenvalue weighted by Gasteiger charge is -2.11. The predicted octanol–water partition coefficient (Wildman–Crippen LogP) is 1.73. The van der Waals surface area contributed by atoms with E-state index in [4.69, 9.17) is 16.3 Å². The number of hydrogen-bond donors (Lipinski definition) is 0. The minimum absolute atomic E-state index is 0.414. The van der Waals surface area contributed by atoms with Crippen molar-refractivity contribution < 1.29 is 8.95 Å². The number of ether oxygens (including phenoxy) is 1. The van der Waals surface area contributed by atoms with Crippen molar-refractivity contribution in [1.29, 1.82) is 0 Å². The van der Waals surface area contributed by atoms with Gasteiger partial charge >= 0.3 is 0 Å². The van der Waals surface area contributed by atoms with Crippen LogP contribution < -0.4 is 4.74 Å². The van der Waals surface area contributed by atoms with E-state index in [9.17, 15) is 4.21 Å². The summed E-state index contributed by atoms with van der Waals surface area (Å²) in [6.45, 7) is 0.421. The minimum Gasteiger partial charge on any atom is -0.496 e. The lowest BCUT2D eigenvalue weighted by molar-refractivity contribution is 0.407. The van der Waals surface area contributed by atoms with Crippen LogP contribution in [0.1, 0.15) is 5.56 Å². The van der Waals surface area contributed by atoms with Crippen LogP contribution in [0.15, 0.2) is 29.7 Å². The molecule has 0 aliphatic rings. The largest absolute Gasteiger partial charge is 0.496 e. The van der Waals surface area contributed by atoms with Crippen LogP contribution in [0.25, 0.3) is 0 Å². The molecule has 7 heteroatoms.